The Morgan fingerprint density at radius 1 is 1.61 bits per heavy atom. The van der Waals surface area contributed by atoms with E-state index in [0.717, 1.165) is 25.1 Å². The largest absolute Gasteiger partial charge is 0.396 e. The maximum absolute atomic E-state index is 12.1. The number of nitrogens with one attached hydrogen (secondary N) is 2. The van der Waals surface area contributed by atoms with Crippen LogP contribution in [-0.4, -0.2) is 48.3 Å². The Morgan fingerprint density at radius 3 is 2.89 bits per heavy atom. The van der Waals surface area contributed by atoms with Gasteiger partial charge in [-0.3, -0.25) is 4.79 Å². The summed E-state index contributed by atoms with van der Waals surface area (Å²) < 4.78 is 0. The molecule has 1 unspecified atom stereocenters. The number of hydrogen-bond donors (Lipinski definition) is 3. The second-order valence-electron chi connectivity index (χ2n) is 4.75. The van der Waals surface area contributed by atoms with Crippen LogP contribution in [0, 0.1) is 5.92 Å². The number of carbonyl (C=O) groups is 1. The van der Waals surface area contributed by atoms with Crippen molar-refractivity contribution < 1.29 is 9.90 Å². The van der Waals surface area contributed by atoms with Crippen molar-refractivity contribution in [2.45, 2.75) is 38.3 Å². The Morgan fingerprint density at radius 2 is 2.33 bits per heavy atom. The van der Waals surface area contributed by atoms with Crippen LogP contribution in [0.15, 0.2) is 0 Å². The molecule has 0 aliphatic carbocycles. The molecule has 0 bridgehead atoms. The number of amides is 1. The summed E-state index contributed by atoms with van der Waals surface area (Å²) in [4.78, 5) is 12.1. The van der Waals surface area contributed by atoms with Crippen molar-refractivity contribution in [1.29, 1.82) is 0 Å². The minimum Gasteiger partial charge on any atom is -0.396 e. The van der Waals surface area contributed by atoms with E-state index in [2.05, 4.69) is 17.6 Å². The number of rotatable bonds is 6. The van der Waals surface area contributed by atoms with Gasteiger partial charge < -0.3 is 15.7 Å². The zero-order chi connectivity index (χ0) is 12.7. The molecule has 3 atom stereocenters. The van der Waals surface area contributed by atoms with Gasteiger partial charge in [0, 0.05) is 30.4 Å². The van der Waals surface area contributed by atoms with E-state index in [1.165, 1.54) is 0 Å². The average Bonchev–Trinajstić information content (AvgIpc) is 2.29. The van der Waals surface area contributed by atoms with Gasteiger partial charge in [-0.25, -0.2) is 0 Å². The molecular formula is C12H25ClN2O2S. The molecule has 0 aromatic heterocycles. The molecule has 1 aliphatic rings. The SMILES string of the molecule is CSCC(CCO)NC(=O)[C@H]1CCN[C@@H](C)C1.Cl. The normalized spacial score (nSPS) is 25.1. The van der Waals surface area contributed by atoms with Gasteiger partial charge >= 0.3 is 0 Å². The highest BCUT2D eigenvalue weighted by atomic mass is 35.5. The summed E-state index contributed by atoms with van der Waals surface area (Å²) >= 11 is 1.70. The molecular weight excluding hydrogens is 272 g/mol. The van der Waals surface area contributed by atoms with E-state index in [0.29, 0.717) is 12.5 Å². The van der Waals surface area contributed by atoms with Gasteiger partial charge in [0.15, 0.2) is 0 Å². The van der Waals surface area contributed by atoms with Gasteiger partial charge in [-0.15, -0.1) is 12.4 Å². The van der Waals surface area contributed by atoms with Gasteiger partial charge in [0.25, 0.3) is 0 Å². The lowest BCUT2D eigenvalue weighted by atomic mass is 9.92. The highest BCUT2D eigenvalue weighted by Gasteiger charge is 2.25. The van der Waals surface area contributed by atoms with Gasteiger partial charge in [-0.2, -0.15) is 11.8 Å². The van der Waals surface area contributed by atoms with Crippen molar-refractivity contribution in [3.05, 3.63) is 0 Å². The molecule has 1 heterocycles. The number of thioether (sulfide) groups is 1. The van der Waals surface area contributed by atoms with Crippen molar-refractivity contribution in [1.82, 2.24) is 10.6 Å². The van der Waals surface area contributed by atoms with Crippen LogP contribution in [0.5, 0.6) is 0 Å². The fourth-order valence-electron chi connectivity index (χ4n) is 2.24. The highest BCUT2D eigenvalue weighted by Crippen LogP contribution is 2.16. The number of aliphatic hydroxyl groups excluding tert-OH is 1. The van der Waals surface area contributed by atoms with Gasteiger partial charge in [0.2, 0.25) is 5.91 Å². The number of carbonyl (C=O) groups excluding carboxylic acids is 1. The molecule has 0 radical (unpaired) electrons. The third kappa shape index (κ3) is 6.27. The van der Waals surface area contributed by atoms with E-state index in [1.54, 1.807) is 11.8 Å². The Labute approximate surface area is 120 Å². The van der Waals surface area contributed by atoms with Crippen LogP contribution in [0.3, 0.4) is 0 Å². The zero-order valence-corrected chi connectivity index (χ0v) is 12.8. The maximum Gasteiger partial charge on any atom is 0.223 e. The van der Waals surface area contributed by atoms with Crippen LogP contribution in [0.2, 0.25) is 0 Å². The van der Waals surface area contributed by atoms with E-state index in [9.17, 15) is 4.79 Å². The van der Waals surface area contributed by atoms with Crippen molar-refractivity contribution in [2.75, 3.05) is 25.2 Å². The summed E-state index contributed by atoms with van der Waals surface area (Å²) in [5, 5.41) is 15.4. The van der Waals surface area contributed by atoms with Crippen LogP contribution in [-0.2, 0) is 4.79 Å². The predicted octanol–water partition coefficient (Wildman–Crippen LogP) is 1.03. The Hall–Kier alpha value is 0.0300. The monoisotopic (exact) mass is 296 g/mol. The molecule has 0 aromatic carbocycles. The van der Waals surface area contributed by atoms with Gasteiger partial charge in [0.1, 0.15) is 0 Å². The summed E-state index contributed by atoms with van der Waals surface area (Å²) in [5.74, 6) is 1.16. The molecule has 0 saturated carbocycles. The quantitative estimate of drug-likeness (QED) is 0.685. The first-order valence-electron chi connectivity index (χ1n) is 6.31. The zero-order valence-electron chi connectivity index (χ0n) is 11.1. The number of halogens is 1. The Bertz CT molecular complexity index is 238. The van der Waals surface area contributed by atoms with Crippen LogP contribution < -0.4 is 10.6 Å². The lowest BCUT2D eigenvalue weighted by molar-refractivity contribution is -0.126. The number of piperidine rings is 1. The van der Waals surface area contributed by atoms with Gasteiger partial charge in [-0.05, 0) is 39.0 Å². The predicted molar refractivity (Wildman–Crippen MR) is 79.5 cm³/mol. The Kier molecular flexibility index (Phi) is 9.91. The van der Waals surface area contributed by atoms with Crippen LogP contribution in [0.1, 0.15) is 26.2 Å². The van der Waals surface area contributed by atoms with Gasteiger partial charge in [0.05, 0.1) is 0 Å². The Balaban J connectivity index is 0.00000289. The number of aliphatic hydroxyl groups is 1. The first kappa shape index (κ1) is 18.0. The summed E-state index contributed by atoms with van der Waals surface area (Å²) in [6, 6.07) is 0.532. The summed E-state index contributed by atoms with van der Waals surface area (Å²) in [5.41, 5.74) is 0. The third-order valence-electron chi connectivity index (χ3n) is 3.19. The third-order valence-corrected chi connectivity index (χ3v) is 3.92. The second-order valence-corrected chi connectivity index (χ2v) is 5.66. The molecule has 108 valence electrons. The summed E-state index contributed by atoms with van der Waals surface area (Å²) in [6.45, 7) is 3.17. The number of hydrogen-bond acceptors (Lipinski definition) is 4. The lowest BCUT2D eigenvalue weighted by Crippen LogP contribution is -2.46. The van der Waals surface area contributed by atoms with E-state index in [1.807, 2.05) is 6.26 Å². The smallest absolute Gasteiger partial charge is 0.223 e. The summed E-state index contributed by atoms with van der Waals surface area (Å²) in [7, 11) is 0. The van der Waals surface area contributed by atoms with E-state index in [4.69, 9.17) is 5.11 Å². The first-order valence-corrected chi connectivity index (χ1v) is 7.70. The molecule has 6 heteroatoms. The minimum absolute atomic E-state index is 0. The van der Waals surface area contributed by atoms with Crippen molar-refractivity contribution in [3.8, 4) is 0 Å². The highest BCUT2D eigenvalue weighted by molar-refractivity contribution is 7.98. The topological polar surface area (TPSA) is 61.4 Å². The molecule has 18 heavy (non-hydrogen) atoms. The molecule has 0 aromatic rings. The van der Waals surface area contributed by atoms with Crippen LogP contribution in [0.4, 0.5) is 0 Å². The standard InChI is InChI=1S/C12H24N2O2S.ClH/c1-9-7-10(3-5-13-9)12(16)14-11(4-6-15)8-17-2;/h9-11,13,15H,3-8H2,1-2H3,(H,14,16);1H/t9-,10-,11?;/m0./s1. The summed E-state index contributed by atoms with van der Waals surface area (Å²) in [6.07, 6.45) is 4.49. The van der Waals surface area contributed by atoms with E-state index < -0.39 is 0 Å². The molecule has 1 rings (SSSR count). The molecule has 1 amide bonds. The average molecular weight is 297 g/mol. The van der Waals surface area contributed by atoms with Crippen LogP contribution >= 0.6 is 24.2 Å². The van der Waals surface area contributed by atoms with Crippen LogP contribution in [0.25, 0.3) is 0 Å². The molecule has 4 nitrogen and oxygen atoms in total. The second kappa shape index (κ2) is 9.89. The van der Waals surface area contributed by atoms with Gasteiger partial charge in [-0.1, -0.05) is 0 Å². The molecule has 1 aliphatic heterocycles. The van der Waals surface area contributed by atoms with Crippen molar-refractivity contribution in [3.63, 3.8) is 0 Å². The minimum atomic E-state index is 0. The van der Waals surface area contributed by atoms with Crippen molar-refractivity contribution >= 4 is 30.1 Å². The van der Waals surface area contributed by atoms with E-state index >= 15 is 0 Å². The van der Waals surface area contributed by atoms with Crippen molar-refractivity contribution in [2.24, 2.45) is 5.92 Å². The van der Waals surface area contributed by atoms with E-state index in [-0.39, 0.29) is 36.9 Å². The molecule has 0 spiro atoms. The first-order chi connectivity index (χ1) is 8.17. The maximum atomic E-state index is 12.1. The molecule has 1 saturated heterocycles. The molecule has 1 fully saturated rings. The molecule has 3 N–H and O–H groups in total. The lowest BCUT2D eigenvalue weighted by Gasteiger charge is -2.28. The fraction of sp³-hybridized carbons (Fsp3) is 0.917. The fourth-order valence-corrected chi connectivity index (χ4v) is 2.90.